The number of hydrogen-bond donors (Lipinski definition) is 1. The van der Waals surface area contributed by atoms with Crippen LogP contribution in [-0.4, -0.2) is 17.5 Å². The van der Waals surface area contributed by atoms with Gasteiger partial charge in [0.1, 0.15) is 6.67 Å². The summed E-state index contributed by atoms with van der Waals surface area (Å²) in [6.07, 6.45) is 0. The molecule has 0 bridgehead atoms. The third-order valence-electron chi connectivity index (χ3n) is 4.42. The summed E-state index contributed by atoms with van der Waals surface area (Å²) in [5, 5.41) is 9.82. The highest BCUT2D eigenvalue weighted by atomic mass is 127. The van der Waals surface area contributed by atoms with Crippen molar-refractivity contribution in [1.29, 1.82) is 0 Å². The zero-order chi connectivity index (χ0) is 18.9. The topological polar surface area (TPSA) is 43.8 Å². The van der Waals surface area contributed by atoms with E-state index < -0.39 is 0 Å². The van der Waals surface area contributed by atoms with Crippen molar-refractivity contribution in [2.75, 3.05) is 16.7 Å². The van der Waals surface area contributed by atoms with Crippen LogP contribution in [0.5, 0.6) is 0 Å². The highest BCUT2D eigenvalue weighted by Gasteiger charge is 2.23. The van der Waals surface area contributed by atoms with Gasteiger partial charge in [-0.25, -0.2) is 15.0 Å². The molecule has 1 aliphatic heterocycles. The van der Waals surface area contributed by atoms with Crippen molar-refractivity contribution in [3.63, 3.8) is 0 Å². The van der Waals surface area contributed by atoms with Crippen molar-refractivity contribution in [2.24, 2.45) is 5.10 Å². The van der Waals surface area contributed by atoms with Crippen LogP contribution in [0.4, 0.5) is 10.8 Å². The van der Waals surface area contributed by atoms with Gasteiger partial charge in [-0.2, -0.15) is 5.10 Å². The molecule has 1 aliphatic rings. The first kappa shape index (κ1) is 17.4. The van der Waals surface area contributed by atoms with Gasteiger partial charge < -0.3 is 0 Å². The number of hydrazone groups is 1. The normalized spacial score (nSPS) is 14.1. The van der Waals surface area contributed by atoms with Gasteiger partial charge in [0.25, 0.3) is 0 Å². The summed E-state index contributed by atoms with van der Waals surface area (Å²) in [5.74, 6) is 0.796. The average Bonchev–Trinajstić information content (AvgIpc) is 3.19. The Hall–Kier alpha value is -2.65. The molecule has 0 spiro atoms. The lowest BCUT2D eigenvalue weighted by Crippen LogP contribution is -2.53. The van der Waals surface area contributed by atoms with Gasteiger partial charge in [0.2, 0.25) is 5.13 Å². The summed E-state index contributed by atoms with van der Waals surface area (Å²) in [6, 6.07) is 26.7. The van der Waals surface area contributed by atoms with E-state index in [0.717, 1.165) is 27.7 Å². The van der Waals surface area contributed by atoms with Crippen LogP contribution in [0.15, 0.2) is 84.0 Å². The van der Waals surface area contributed by atoms with Crippen LogP contribution >= 0.6 is 33.9 Å². The Bertz CT molecular complexity index is 1110. The molecule has 2 heterocycles. The molecule has 0 atom stereocenters. The number of para-hydroxylation sites is 1. The Morgan fingerprint density at radius 3 is 2.43 bits per heavy atom. The summed E-state index contributed by atoms with van der Waals surface area (Å²) in [6.45, 7) is 0.566. The minimum atomic E-state index is 0.566. The van der Waals surface area contributed by atoms with Crippen LogP contribution in [-0.2, 0) is 0 Å². The number of aromatic nitrogens is 1. The maximum absolute atomic E-state index is 4.85. The average molecular weight is 497 g/mol. The monoisotopic (exact) mass is 497 g/mol. The Balaban J connectivity index is 1.55. The lowest BCUT2D eigenvalue weighted by Gasteiger charge is -2.34. The molecule has 1 N–H and O–H groups in total. The molecule has 0 amide bonds. The highest BCUT2D eigenvalue weighted by Crippen LogP contribution is 2.30. The fourth-order valence-corrected chi connectivity index (χ4v) is 4.31. The summed E-state index contributed by atoms with van der Waals surface area (Å²) in [7, 11) is 0. The van der Waals surface area contributed by atoms with Crippen LogP contribution in [0.25, 0.3) is 10.2 Å². The molecule has 1 aromatic heterocycles. The van der Waals surface area contributed by atoms with Crippen LogP contribution in [0, 0.1) is 3.57 Å². The zero-order valence-corrected chi connectivity index (χ0v) is 17.8. The fourth-order valence-electron chi connectivity index (χ4n) is 3.03. The molecular weight excluding hydrogens is 481 g/mol. The van der Waals surface area contributed by atoms with Crippen molar-refractivity contribution < 1.29 is 0 Å². The van der Waals surface area contributed by atoms with Gasteiger partial charge in [-0.3, -0.25) is 5.43 Å². The summed E-state index contributed by atoms with van der Waals surface area (Å²) in [5.41, 5.74) is 6.53. The van der Waals surface area contributed by atoms with E-state index in [4.69, 9.17) is 10.1 Å². The number of benzene rings is 3. The molecule has 0 radical (unpaired) electrons. The van der Waals surface area contributed by atoms with Crippen LogP contribution in [0.2, 0.25) is 0 Å². The maximum atomic E-state index is 4.85. The summed E-state index contributed by atoms with van der Waals surface area (Å²) in [4.78, 5) is 4.81. The van der Waals surface area contributed by atoms with Gasteiger partial charge in [-0.05, 0) is 59.0 Å². The first-order valence-electron chi connectivity index (χ1n) is 8.83. The summed E-state index contributed by atoms with van der Waals surface area (Å²) >= 11 is 3.99. The second-order valence-electron chi connectivity index (χ2n) is 6.34. The predicted octanol–water partition coefficient (Wildman–Crippen LogP) is 5.05. The number of hydrogen-bond acceptors (Lipinski definition) is 6. The van der Waals surface area contributed by atoms with E-state index in [1.807, 2.05) is 41.4 Å². The largest absolute Gasteiger partial charge is 0.276 e. The van der Waals surface area contributed by atoms with Crippen molar-refractivity contribution in [1.82, 2.24) is 10.4 Å². The van der Waals surface area contributed by atoms with Crippen LogP contribution in [0.1, 0.15) is 5.56 Å². The third kappa shape index (κ3) is 3.43. The number of thiazole rings is 1. The smallest absolute Gasteiger partial charge is 0.207 e. The second kappa shape index (κ2) is 7.40. The van der Waals surface area contributed by atoms with E-state index in [1.54, 1.807) is 11.3 Å². The molecule has 28 heavy (non-hydrogen) atoms. The number of anilines is 2. The van der Waals surface area contributed by atoms with Crippen molar-refractivity contribution in [2.45, 2.75) is 0 Å². The molecule has 5 nitrogen and oxygen atoms in total. The minimum Gasteiger partial charge on any atom is -0.276 e. The zero-order valence-electron chi connectivity index (χ0n) is 14.8. The van der Waals surface area contributed by atoms with Gasteiger partial charge in [-0.15, -0.1) is 0 Å². The van der Waals surface area contributed by atoms with E-state index in [0.29, 0.717) is 6.67 Å². The molecule has 5 rings (SSSR count). The molecule has 0 saturated heterocycles. The number of fused-ring (bicyclic) bond motifs is 1. The lowest BCUT2D eigenvalue weighted by atomic mass is 10.2. The fraction of sp³-hybridized carbons (Fsp3) is 0.0476. The standard InChI is InChI=1S/C21H16IN5S/c22-16-10-12-17(13-11-16)26-14-27(21-23-18-8-4-5-9-19(18)28-21)25-20(24-26)15-6-2-1-3-7-15/h1-13H,14H2,(H,24,25). The quantitative estimate of drug-likeness (QED) is 0.403. The Morgan fingerprint density at radius 2 is 1.64 bits per heavy atom. The Labute approximate surface area is 180 Å². The Morgan fingerprint density at radius 1 is 0.893 bits per heavy atom. The number of rotatable bonds is 3. The van der Waals surface area contributed by atoms with E-state index in [-0.39, 0.29) is 0 Å². The molecule has 3 aromatic carbocycles. The molecule has 138 valence electrons. The first-order chi connectivity index (χ1) is 13.8. The number of hydrazine groups is 1. The van der Waals surface area contributed by atoms with Crippen molar-refractivity contribution in [3.05, 3.63) is 88.0 Å². The molecule has 4 aromatic rings. The SMILES string of the molecule is Ic1ccc(N2CN(c3nc4ccccc4s3)NC(c3ccccc3)=N2)cc1. The van der Waals surface area contributed by atoms with Gasteiger partial charge in [0.05, 0.1) is 15.9 Å². The highest BCUT2D eigenvalue weighted by molar-refractivity contribution is 14.1. The number of nitrogens with one attached hydrogen (secondary N) is 1. The van der Waals surface area contributed by atoms with E-state index in [9.17, 15) is 0 Å². The molecule has 0 aliphatic carbocycles. The van der Waals surface area contributed by atoms with E-state index >= 15 is 0 Å². The van der Waals surface area contributed by atoms with Gasteiger partial charge in [0, 0.05) is 9.13 Å². The summed E-state index contributed by atoms with van der Waals surface area (Å²) < 4.78 is 2.37. The number of nitrogens with zero attached hydrogens (tertiary/aromatic N) is 4. The minimum absolute atomic E-state index is 0.566. The van der Waals surface area contributed by atoms with Crippen LogP contribution < -0.4 is 15.4 Å². The van der Waals surface area contributed by atoms with Crippen LogP contribution in [0.3, 0.4) is 0 Å². The maximum Gasteiger partial charge on any atom is 0.207 e. The van der Waals surface area contributed by atoms with Gasteiger partial charge >= 0.3 is 0 Å². The van der Waals surface area contributed by atoms with Gasteiger partial charge in [0.15, 0.2) is 5.84 Å². The van der Waals surface area contributed by atoms with Crippen molar-refractivity contribution in [3.8, 4) is 0 Å². The lowest BCUT2D eigenvalue weighted by molar-refractivity contribution is 0.677. The number of amidine groups is 1. The van der Waals surface area contributed by atoms with E-state index in [2.05, 4.69) is 75.5 Å². The number of halogens is 1. The second-order valence-corrected chi connectivity index (χ2v) is 8.59. The van der Waals surface area contributed by atoms with Crippen molar-refractivity contribution >= 4 is 60.8 Å². The predicted molar refractivity (Wildman–Crippen MR) is 125 cm³/mol. The molecule has 0 unspecified atom stereocenters. The van der Waals surface area contributed by atoms with Gasteiger partial charge in [-0.1, -0.05) is 53.8 Å². The third-order valence-corrected chi connectivity index (χ3v) is 6.20. The molecule has 0 saturated carbocycles. The first-order valence-corrected chi connectivity index (χ1v) is 10.7. The Kier molecular flexibility index (Phi) is 4.61. The molecule has 7 heteroatoms. The molecular formula is C21H16IN5S. The van der Waals surface area contributed by atoms with E-state index in [1.165, 1.54) is 8.27 Å². The molecule has 0 fully saturated rings.